The molecule has 0 unspecified atom stereocenters. The van der Waals surface area contributed by atoms with Crippen molar-refractivity contribution in [3.8, 4) is 5.69 Å². The van der Waals surface area contributed by atoms with Crippen molar-refractivity contribution in [3.63, 3.8) is 0 Å². The van der Waals surface area contributed by atoms with Crippen molar-refractivity contribution in [1.29, 1.82) is 0 Å². The summed E-state index contributed by atoms with van der Waals surface area (Å²) in [6, 6.07) is 16.8. The monoisotopic (exact) mass is 220 g/mol. The van der Waals surface area contributed by atoms with Gasteiger partial charge in [-0.3, -0.25) is 4.57 Å². The molecule has 3 rings (SSSR count). The third-order valence-electron chi connectivity index (χ3n) is 3.02. The Hall–Kier alpha value is -2.03. The van der Waals surface area contributed by atoms with Gasteiger partial charge in [0, 0.05) is 5.69 Å². The summed E-state index contributed by atoms with van der Waals surface area (Å²) in [4.78, 5) is 4.57. The molecule has 0 spiro atoms. The van der Waals surface area contributed by atoms with E-state index >= 15 is 0 Å². The number of rotatable bonds is 1. The highest BCUT2D eigenvalue weighted by atomic mass is 15.1. The van der Waals surface area contributed by atoms with Crippen molar-refractivity contribution in [2.45, 2.75) is 6.92 Å². The minimum absolute atomic E-state index is 1.02. The molecule has 0 bridgehead atoms. The Labute approximate surface area is 101 Å². The molecule has 0 saturated heterocycles. The van der Waals surface area contributed by atoms with Crippen LogP contribution in [0.25, 0.3) is 16.7 Å². The Balaban J connectivity index is 2.29. The van der Waals surface area contributed by atoms with Crippen LogP contribution in [0.4, 0.5) is 0 Å². The second-order valence-corrected chi connectivity index (χ2v) is 4.32. The van der Waals surface area contributed by atoms with Crippen LogP contribution in [0.5, 0.6) is 0 Å². The maximum atomic E-state index is 4.57. The average molecular weight is 220 g/mol. The third-order valence-corrected chi connectivity index (χ3v) is 3.02. The first-order valence-electron chi connectivity index (χ1n) is 5.77. The molecule has 0 N–H and O–H groups in total. The Bertz CT molecular complexity index is 668. The predicted octanol–water partition coefficient (Wildman–Crippen LogP) is 1.59. The molecule has 0 aliphatic heterocycles. The molecule has 0 radical (unpaired) electrons. The Morgan fingerprint density at radius 3 is 2.47 bits per heavy atom. The maximum Gasteiger partial charge on any atom is 0.139 e. The highest BCUT2D eigenvalue weighted by molar-refractivity contribution is 6.32. The van der Waals surface area contributed by atoms with Crippen molar-refractivity contribution in [1.82, 2.24) is 9.55 Å². The number of fused-ring (bicyclic) bond motifs is 1. The van der Waals surface area contributed by atoms with E-state index in [-0.39, 0.29) is 0 Å². The zero-order valence-electron chi connectivity index (χ0n) is 10.0. The van der Waals surface area contributed by atoms with Gasteiger partial charge in [0.25, 0.3) is 0 Å². The first-order valence-corrected chi connectivity index (χ1v) is 5.77. The largest absolute Gasteiger partial charge is 0.297 e. The lowest BCUT2D eigenvalue weighted by Crippen LogP contribution is -2.03. The fourth-order valence-electron chi connectivity index (χ4n) is 2.17. The molecule has 0 amide bonds. The number of aromatic nitrogens is 2. The number of benzene rings is 2. The number of hydrogen-bond acceptors (Lipinski definition) is 1. The van der Waals surface area contributed by atoms with E-state index in [1.54, 1.807) is 0 Å². The van der Waals surface area contributed by atoms with E-state index in [2.05, 4.69) is 47.7 Å². The molecular weight excluding hydrogens is 207 g/mol. The van der Waals surface area contributed by atoms with Gasteiger partial charge in [-0.05, 0) is 31.2 Å². The van der Waals surface area contributed by atoms with Crippen LogP contribution in [0, 0.1) is 6.92 Å². The van der Waals surface area contributed by atoms with Crippen molar-refractivity contribution in [2.75, 3.05) is 0 Å². The lowest BCUT2D eigenvalue weighted by atomic mass is 9.96. The molecule has 2 nitrogen and oxygen atoms in total. The van der Waals surface area contributed by atoms with Crippen LogP contribution in [-0.2, 0) is 0 Å². The summed E-state index contributed by atoms with van der Waals surface area (Å²) < 4.78 is 2.19. The van der Waals surface area contributed by atoms with Gasteiger partial charge >= 0.3 is 0 Å². The van der Waals surface area contributed by atoms with Gasteiger partial charge in [-0.25, -0.2) is 4.98 Å². The van der Waals surface area contributed by atoms with Crippen molar-refractivity contribution in [2.24, 2.45) is 0 Å². The molecule has 0 saturated carbocycles. The summed E-state index contributed by atoms with van der Waals surface area (Å²) in [7, 11) is 2.10. The van der Waals surface area contributed by atoms with Crippen molar-refractivity contribution in [3.05, 3.63) is 54.4 Å². The number of hydrogen-bond donors (Lipinski definition) is 0. The molecule has 0 fully saturated rings. The van der Waals surface area contributed by atoms with Gasteiger partial charge in [0.2, 0.25) is 0 Å². The van der Waals surface area contributed by atoms with E-state index < -0.39 is 0 Å². The van der Waals surface area contributed by atoms with Crippen LogP contribution in [0.2, 0.25) is 0 Å². The SMILES string of the molecule is Bc1ccc(-n2c(C)nc3ccccc32)cc1. The zero-order chi connectivity index (χ0) is 11.8. The topological polar surface area (TPSA) is 17.8 Å². The van der Waals surface area contributed by atoms with Gasteiger partial charge in [0.05, 0.1) is 11.0 Å². The van der Waals surface area contributed by atoms with Gasteiger partial charge in [-0.15, -0.1) is 0 Å². The molecule has 1 heterocycles. The second-order valence-electron chi connectivity index (χ2n) is 4.32. The van der Waals surface area contributed by atoms with E-state index in [1.165, 1.54) is 11.2 Å². The van der Waals surface area contributed by atoms with Crippen LogP contribution in [0.1, 0.15) is 5.82 Å². The van der Waals surface area contributed by atoms with Crippen LogP contribution in [0.3, 0.4) is 0 Å². The summed E-state index contributed by atoms with van der Waals surface area (Å²) in [5, 5.41) is 0. The first-order chi connectivity index (χ1) is 8.25. The second kappa shape index (κ2) is 3.77. The molecule has 0 atom stereocenters. The molecular formula is C14H13BN2. The normalized spacial score (nSPS) is 10.9. The summed E-state index contributed by atoms with van der Waals surface area (Å²) in [6.07, 6.45) is 0. The average Bonchev–Trinajstić information content (AvgIpc) is 2.66. The van der Waals surface area contributed by atoms with Crippen LogP contribution in [-0.4, -0.2) is 17.4 Å². The van der Waals surface area contributed by atoms with E-state index in [9.17, 15) is 0 Å². The molecule has 3 heteroatoms. The van der Waals surface area contributed by atoms with Gasteiger partial charge in [-0.1, -0.05) is 29.7 Å². The van der Waals surface area contributed by atoms with E-state index in [0.717, 1.165) is 16.9 Å². The molecule has 3 aromatic rings. The van der Waals surface area contributed by atoms with Crippen molar-refractivity contribution >= 4 is 24.3 Å². The number of nitrogens with zero attached hydrogens (tertiary/aromatic N) is 2. The molecule has 82 valence electrons. The molecule has 0 aliphatic rings. The minimum atomic E-state index is 1.02. The first kappa shape index (κ1) is 10.1. The number of aryl methyl sites for hydroxylation is 1. The summed E-state index contributed by atoms with van der Waals surface area (Å²) in [5.74, 6) is 1.02. The smallest absolute Gasteiger partial charge is 0.139 e. The van der Waals surface area contributed by atoms with E-state index in [0.29, 0.717) is 0 Å². The van der Waals surface area contributed by atoms with Gasteiger partial charge < -0.3 is 0 Å². The van der Waals surface area contributed by atoms with Crippen LogP contribution in [0.15, 0.2) is 48.5 Å². The van der Waals surface area contributed by atoms with Gasteiger partial charge in [0.15, 0.2) is 0 Å². The third kappa shape index (κ3) is 1.64. The fourth-order valence-corrected chi connectivity index (χ4v) is 2.17. The highest BCUT2D eigenvalue weighted by Crippen LogP contribution is 2.20. The maximum absolute atomic E-state index is 4.57. The molecule has 1 aromatic heterocycles. The standard InChI is InChI=1S/C14H13BN2/c1-10-16-13-4-2-3-5-14(13)17(10)12-8-6-11(15)7-9-12/h2-9H,15H2,1H3. The summed E-state index contributed by atoms with van der Waals surface area (Å²) >= 11 is 0. The van der Waals surface area contributed by atoms with Gasteiger partial charge in [0.1, 0.15) is 13.7 Å². The Morgan fingerprint density at radius 2 is 1.71 bits per heavy atom. The zero-order valence-corrected chi connectivity index (χ0v) is 10.0. The van der Waals surface area contributed by atoms with Crippen LogP contribution < -0.4 is 5.46 Å². The quantitative estimate of drug-likeness (QED) is 0.569. The van der Waals surface area contributed by atoms with E-state index in [1.807, 2.05) is 25.1 Å². The molecule has 0 aliphatic carbocycles. The van der Waals surface area contributed by atoms with Crippen LogP contribution >= 0.6 is 0 Å². The number of imidazole rings is 1. The Morgan fingerprint density at radius 1 is 1.00 bits per heavy atom. The number of para-hydroxylation sites is 2. The fraction of sp³-hybridized carbons (Fsp3) is 0.0714. The van der Waals surface area contributed by atoms with E-state index in [4.69, 9.17) is 0 Å². The Kier molecular flexibility index (Phi) is 2.25. The minimum Gasteiger partial charge on any atom is -0.297 e. The summed E-state index contributed by atoms with van der Waals surface area (Å²) in [5.41, 5.74) is 4.65. The summed E-state index contributed by atoms with van der Waals surface area (Å²) in [6.45, 7) is 2.04. The van der Waals surface area contributed by atoms with Gasteiger partial charge in [-0.2, -0.15) is 0 Å². The highest BCUT2D eigenvalue weighted by Gasteiger charge is 2.07. The van der Waals surface area contributed by atoms with Crippen molar-refractivity contribution < 1.29 is 0 Å². The molecule has 17 heavy (non-hydrogen) atoms. The lowest BCUT2D eigenvalue weighted by Gasteiger charge is -2.07. The predicted molar refractivity (Wildman–Crippen MR) is 74.0 cm³/mol. The molecule has 2 aromatic carbocycles. The lowest BCUT2D eigenvalue weighted by molar-refractivity contribution is 1.00.